The maximum Gasteiger partial charge on any atom is 0.320 e. The van der Waals surface area contributed by atoms with E-state index < -0.39 is 53.8 Å². The van der Waals surface area contributed by atoms with E-state index in [1.54, 1.807) is 11.8 Å². The van der Waals surface area contributed by atoms with E-state index in [-0.39, 0.29) is 5.57 Å². The third kappa shape index (κ3) is 4.71. The molecule has 3 atom stereocenters. The zero-order valence-corrected chi connectivity index (χ0v) is 17.7. The molecule has 0 N–H and O–H groups in total. The fraction of sp³-hybridized carbons (Fsp3) is 0.632. The van der Waals surface area contributed by atoms with E-state index in [2.05, 4.69) is 0 Å². The van der Waals surface area contributed by atoms with Gasteiger partial charge in [0.2, 0.25) is 0 Å². The standard InChI is InChI=1S/C19H26N2O9/c1-7-21-9-10(8-20)11(13(16(22)27-3)17(23)28-4)12(15(21)26-2)14(18(24)29-5)19(25)30-6/h9,11-15H,7H2,1-6H3/t11-,12-,15-/m1/s1. The van der Waals surface area contributed by atoms with Gasteiger partial charge in [-0.1, -0.05) is 0 Å². The molecule has 1 aliphatic rings. The van der Waals surface area contributed by atoms with E-state index in [0.717, 1.165) is 28.4 Å². The molecule has 1 heterocycles. The van der Waals surface area contributed by atoms with Crippen LogP contribution in [0.4, 0.5) is 0 Å². The molecule has 0 aromatic carbocycles. The van der Waals surface area contributed by atoms with Crippen molar-refractivity contribution < 1.29 is 42.9 Å². The van der Waals surface area contributed by atoms with Crippen molar-refractivity contribution in [2.24, 2.45) is 23.7 Å². The number of nitrogens with zero attached hydrogens (tertiary/aromatic N) is 2. The fourth-order valence-corrected chi connectivity index (χ4v) is 3.69. The molecule has 1 rings (SSSR count). The molecule has 0 amide bonds. The summed E-state index contributed by atoms with van der Waals surface area (Å²) in [7, 11) is 5.62. The zero-order chi connectivity index (χ0) is 23.0. The highest BCUT2D eigenvalue weighted by molar-refractivity contribution is 5.98. The minimum Gasteiger partial charge on any atom is -0.468 e. The van der Waals surface area contributed by atoms with Crippen LogP contribution in [0.15, 0.2) is 11.8 Å². The second-order valence-electron chi connectivity index (χ2n) is 6.30. The van der Waals surface area contributed by atoms with Crippen LogP contribution < -0.4 is 0 Å². The van der Waals surface area contributed by atoms with Gasteiger partial charge in [0.1, 0.15) is 6.23 Å². The summed E-state index contributed by atoms with van der Waals surface area (Å²) in [5.74, 6) is -9.66. The van der Waals surface area contributed by atoms with Gasteiger partial charge < -0.3 is 28.6 Å². The minimum atomic E-state index is -1.63. The van der Waals surface area contributed by atoms with Crippen molar-refractivity contribution in [2.75, 3.05) is 42.1 Å². The quantitative estimate of drug-likeness (QED) is 0.291. The molecule has 0 aromatic heterocycles. The lowest BCUT2D eigenvalue weighted by molar-refractivity contribution is -0.179. The first-order chi connectivity index (χ1) is 14.3. The van der Waals surface area contributed by atoms with Crippen molar-refractivity contribution in [3.63, 3.8) is 0 Å². The molecule has 1 aliphatic heterocycles. The van der Waals surface area contributed by atoms with Gasteiger partial charge in [-0.3, -0.25) is 19.2 Å². The third-order valence-electron chi connectivity index (χ3n) is 5.04. The Kier molecular flexibility index (Phi) is 9.26. The Morgan fingerprint density at radius 2 is 1.37 bits per heavy atom. The predicted molar refractivity (Wildman–Crippen MR) is 98.9 cm³/mol. The number of carbonyl (C=O) groups excluding carboxylic acids is 4. The fourth-order valence-electron chi connectivity index (χ4n) is 3.69. The molecule has 0 aromatic rings. The lowest BCUT2D eigenvalue weighted by Crippen LogP contribution is -2.56. The Morgan fingerprint density at radius 3 is 1.70 bits per heavy atom. The SMILES string of the molecule is CCN1C=C(C#N)[C@@H](C(C(=O)OC)C(=O)OC)[C@H](C(C(=O)OC)C(=O)OC)[C@H]1OC. The molecule has 11 nitrogen and oxygen atoms in total. The zero-order valence-electron chi connectivity index (χ0n) is 17.7. The number of esters is 4. The topological polar surface area (TPSA) is 141 Å². The maximum atomic E-state index is 12.6. The minimum absolute atomic E-state index is 0.0336. The van der Waals surface area contributed by atoms with Crippen molar-refractivity contribution in [1.29, 1.82) is 5.26 Å². The van der Waals surface area contributed by atoms with E-state index >= 15 is 0 Å². The van der Waals surface area contributed by atoms with Gasteiger partial charge in [0.25, 0.3) is 0 Å². The van der Waals surface area contributed by atoms with Gasteiger partial charge in [-0.2, -0.15) is 5.26 Å². The van der Waals surface area contributed by atoms with Crippen molar-refractivity contribution in [2.45, 2.75) is 13.2 Å². The third-order valence-corrected chi connectivity index (χ3v) is 5.04. The monoisotopic (exact) mass is 426 g/mol. The predicted octanol–water partition coefficient (Wildman–Crippen LogP) is -0.141. The largest absolute Gasteiger partial charge is 0.468 e. The molecule has 166 valence electrons. The summed E-state index contributed by atoms with van der Waals surface area (Å²) in [5.41, 5.74) is -0.0336. The molecule has 0 spiro atoms. The van der Waals surface area contributed by atoms with Crippen LogP contribution >= 0.6 is 0 Å². The van der Waals surface area contributed by atoms with Crippen LogP contribution in [0.2, 0.25) is 0 Å². The first-order valence-corrected chi connectivity index (χ1v) is 8.99. The van der Waals surface area contributed by atoms with Crippen LogP contribution in [0.1, 0.15) is 6.92 Å². The molecule has 0 bridgehead atoms. The summed E-state index contributed by atoms with van der Waals surface area (Å²) in [6.45, 7) is 2.10. The van der Waals surface area contributed by atoms with E-state index in [9.17, 15) is 24.4 Å². The van der Waals surface area contributed by atoms with Crippen LogP contribution in [0.25, 0.3) is 0 Å². The van der Waals surface area contributed by atoms with Gasteiger partial charge in [-0.25, -0.2) is 0 Å². The van der Waals surface area contributed by atoms with Crippen molar-refractivity contribution in [1.82, 2.24) is 4.90 Å². The molecule has 0 fully saturated rings. The van der Waals surface area contributed by atoms with E-state index in [4.69, 9.17) is 23.7 Å². The number of ether oxygens (including phenoxy) is 5. The van der Waals surface area contributed by atoms with Crippen molar-refractivity contribution in [3.8, 4) is 6.07 Å². The summed E-state index contributed by atoms with van der Waals surface area (Å²) < 4.78 is 24.6. The smallest absolute Gasteiger partial charge is 0.320 e. The van der Waals surface area contributed by atoms with Gasteiger partial charge in [0.15, 0.2) is 11.8 Å². The molecule has 11 heteroatoms. The Hall–Kier alpha value is -3.13. The van der Waals surface area contributed by atoms with Gasteiger partial charge in [0, 0.05) is 31.7 Å². The Balaban J connectivity index is 3.87. The Morgan fingerprint density at radius 1 is 0.933 bits per heavy atom. The number of carbonyl (C=O) groups is 4. The molecule has 0 saturated carbocycles. The number of nitriles is 1. The van der Waals surface area contributed by atoms with Gasteiger partial charge in [0.05, 0.1) is 40.1 Å². The lowest BCUT2D eigenvalue weighted by Gasteiger charge is -2.45. The second-order valence-corrected chi connectivity index (χ2v) is 6.30. The molecule has 30 heavy (non-hydrogen) atoms. The number of hydrogen-bond acceptors (Lipinski definition) is 11. The first-order valence-electron chi connectivity index (χ1n) is 8.99. The summed E-state index contributed by atoms with van der Waals surface area (Å²) in [6, 6.07) is 1.94. The highest BCUT2D eigenvalue weighted by atomic mass is 16.6. The molecule has 0 saturated heterocycles. The molecule has 0 unspecified atom stereocenters. The Labute approximate surface area is 174 Å². The van der Waals surface area contributed by atoms with Crippen LogP contribution in [-0.4, -0.2) is 77.1 Å². The first kappa shape index (κ1) is 24.9. The van der Waals surface area contributed by atoms with E-state index in [1.165, 1.54) is 13.3 Å². The molecular formula is C19H26N2O9. The lowest BCUT2D eigenvalue weighted by atomic mass is 9.68. The second kappa shape index (κ2) is 11.2. The summed E-state index contributed by atoms with van der Waals surface area (Å²) in [4.78, 5) is 51.8. The molecule has 0 radical (unpaired) electrons. The normalized spacial score (nSPS) is 20.8. The van der Waals surface area contributed by atoms with Crippen LogP contribution in [0, 0.1) is 35.0 Å². The van der Waals surface area contributed by atoms with Gasteiger partial charge in [-0.15, -0.1) is 0 Å². The Bertz CT molecular complexity index is 711. The summed E-state index contributed by atoms with van der Waals surface area (Å²) in [5, 5.41) is 9.76. The van der Waals surface area contributed by atoms with Gasteiger partial charge in [-0.05, 0) is 6.92 Å². The number of rotatable bonds is 8. The highest BCUT2D eigenvalue weighted by Crippen LogP contribution is 2.43. The average molecular weight is 426 g/mol. The van der Waals surface area contributed by atoms with Crippen LogP contribution in [-0.2, 0) is 42.9 Å². The molecular weight excluding hydrogens is 400 g/mol. The highest BCUT2D eigenvalue weighted by Gasteiger charge is 2.56. The van der Waals surface area contributed by atoms with Gasteiger partial charge >= 0.3 is 23.9 Å². The number of allylic oxidation sites excluding steroid dienone is 1. The van der Waals surface area contributed by atoms with E-state index in [1.807, 2.05) is 6.07 Å². The number of methoxy groups -OCH3 is 5. The molecule has 0 aliphatic carbocycles. The summed E-state index contributed by atoms with van der Waals surface area (Å²) in [6.07, 6.45) is 0.442. The van der Waals surface area contributed by atoms with Crippen LogP contribution in [0.5, 0.6) is 0 Å². The van der Waals surface area contributed by atoms with Crippen LogP contribution in [0.3, 0.4) is 0 Å². The van der Waals surface area contributed by atoms with Crippen molar-refractivity contribution in [3.05, 3.63) is 11.8 Å². The van der Waals surface area contributed by atoms with Crippen molar-refractivity contribution >= 4 is 23.9 Å². The average Bonchev–Trinajstić information content (AvgIpc) is 2.78. The van der Waals surface area contributed by atoms with E-state index in [0.29, 0.717) is 6.54 Å². The summed E-state index contributed by atoms with van der Waals surface area (Å²) >= 11 is 0. The maximum absolute atomic E-state index is 12.6. The number of hydrogen-bond donors (Lipinski definition) is 0.